The monoisotopic (exact) mass is 219 g/mol. The van der Waals surface area contributed by atoms with E-state index in [2.05, 4.69) is 0 Å². The van der Waals surface area contributed by atoms with Crippen molar-refractivity contribution in [2.45, 2.75) is 32.8 Å². The standard InChI is InChI=1S/C9H17NO5/c1-4-7(8(11)15-5-2)9(3,12)6-10(13)14/h7,12H,4-6H2,1-3H3/t7-,9-/m0/s1. The molecule has 2 atom stereocenters. The second-order valence-corrected chi connectivity index (χ2v) is 3.56. The average Bonchev–Trinajstić information content (AvgIpc) is 2.01. The summed E-state index contributed by atoms with van der Waals surface area (Å²) in [6.07, 6.45) is 0.305. The van der Waals surface area contributed by atoms with Gasteiger partial charge in [0.15, 0.2) is 0 Å². The highest BCUT2D eigenvalue weighted by Gasteiger charge is 2.41. The summed E-state index contributed by atoms with van der Waals surface area (Å²) in [5, 5.41) is 20.1. The molecule has 0 saturated carbocycles. The summed E-state index contributed by atoms with van der Waals surface area (Å²) in [4.78, 5) is 21.1. The maximum Gasteiger partial charge on any atom is 0.312 e. The minimum absolute atomic E-state index is 0.198. The van der Waals surface area contributed by atoms with E-state index in [4.69, 9.17) is 4.74 Å². The predicted octanol–water partition coefficient (Wildman–Crippen LogP) is 0.603. The van der Waals surface area contributed by atoms with Crippen molar-refractivity contribution in [3.8, 4) is 0 Å². The van der Waals surface area contributed by atoms with Gasteiger partial charge in [0.25, 0.3) is 0 Å². The number of carbonyl (C=O) groups excluding carboxylic acids is 1. The van der Waals surface area contributed by atoms with Gasteiger partial charge in [-0.1, -0.05) is 6.92 Å². The van der Waals surface area contributed by atoms with E-state index in [9.17, 15) is 20.0 Å². The lowest BCUT2D eigenvalue weighted by Crippen LogP contribution is -2.45. The summed E-state index contributed by atoms with van der Waals surface area (Å²) >= 11 is 0. The maximum atomic E-state index is 11.4. The maximum absolute atomic E-state index is 11.4. The van der Waals surface area contributed by atoms with E-state index >= 15 is 0 Å². The Kier molecular flexibility index (Phi) is 5.21. The van der Waals surface area contributed by atoms with E-state index in [0.29, 0.717) is 6.42 Å². The molecule has 0 aromatic rings. The van der Waals surface area contributed by atoms with E-state index in [1.807, 2.05) is 0 Å². The predicted molar refractivity (Wildman–Crippen MR) is 52.9 cm³/mol. The summed E-state index contributed by atoms with van der Waals surface area (Å²) in [5.41, 5.74) is -1.66. The van der Waals surface area contributed by atoms with Crippen LogP contribution in [-0.2, 0) is 9.53 Å². The van der Waals surface area contributed by atoms with Gasteiger partial charge in [0.05, 0.1) is 12.5 Å². The average molecular weight is 219 g/mol. The van der Waals surface area contributed by atoms with Crippen LogP contribution in [0.2, 0.25) is 0 Å². The molecular weight excluding hydrogens is 202 g/mol. The fourth-order valence-corrected chi connectivity index (χ4v) is 1.47. The van der Waals surface area contributed by atoms with Crippen LogP contribution in [0, 0.1) is 16.0 Å². The SMILES string of the molecule is CCOC(=O)[C@H](CC)[C@@](C)(O)C[N+](=O)[O-]. The van der Waals surface area contributed by atoms with Crippen LogP contribution < -0.4 is 0 Å². The molecule has 0 spiro atoms. The van der Waals surface area contributed by atoms with Crippen molar-refractivity contribution in [3.63, 3.8) is 0 Å². The number of carbonyl (C=O) groups is 1. The normalized spacial score (nSPS) is 16.5. The number of rotatable bonds is 6. The molecule has 0 aliphatic carbocycles. The smallest absolute Gasteiger partial charge is 0.312 e. The first-order chi connectivity index (χ1) is 6.85. The largest absolute Gasteiger partial charge is 0.466 e. The van der Waals surface area contributed by atoms with Crippen LogP contribution in [0.3, 0.4) is 0 Å². The van der Waals surface area contributed by atoms with Crippen molar-refractivity contribution < 1.29 is 19.6 Å². The third-order valence-corrected chi connectivity index (χ3v) is 2.18. The van der Waals surface area contributed by atoms with E-state index < -0.39 is 29.0 Å². The molecule has 15 heavy (non-hydrogen) atoms. The molecule has 0 unspecified atom stereocenters. The lowest BCUT2D eigenvalue weighted by atomic mass is 9.87. The fraction of sp³-hybridized carbons (Fsp3) is 0.889. The molecule has 0 fully saturated rings. The highest BCUT2D eigenvalue weighted by molar-refractivity contribution is 5.73. The topological polar surface area (TPSA) is 89.7 Å². The Balaban J connectivity index is 4.63. The zero-order valence-electron chi connectivity index (χ0n) is 9.23. The van der Waals surface area contributed by atoms with Crippen LogP contribution in [0.15, 0.2) is 0 Å². The second kappa shape index (κ2) is 5.65. The highest BCUT2D eigenvalue weighted by Crippen LogP contribution is 2.22. The first-order valence-corrected chi connectivity index (χ1v) is 4.86. The quantitative estimate of drug-likeness (QED) is 0.401. The minimum atomic E-state index is -1.66. The zero-order valence-corrected chi connectivity index (χ0v) is 9.23. The summed E-state index contributed by atoms with van der Waals surface area (Å²) < 4.78 is 4.74. The Labute approximate surface area is 88.4 Å². The van der Waals surface area contributed by atoms with Crippen LogP contribution in [0.25, 0.3) is 0 Å². The number of hydrogen-bond acceptors (Lipinski definition) is 5. The molecule has 0 bridgehead atoms. The molecule has 0 saturated heterocycles. The Morgan fingerprint density at radius 2 is 2.13 bits per heavy atom. The van der Waals surface area contributed by atoms with Crippen LogP contribution >= 0.6 is 0 Å². The van der Waals surface area contributed by atoms with Crippen molar-refractivity contribution in [2.24, 2.45) is 5.92 Å². The molecular formula is C9H17NO5. The van der Waals surface area contributed by atoms with Gasteiger partial charge in [0.1, 0.15) is 5.60 Å². The van der Waals surface area contributed by atoms with Gasteiger partial charge in [-0.05, 0) is 20.3 Å². The van der Waals surface area contributed by atoms with Crippen LogP contribution in [-0.4, -0.2) is 34.8 Å². The molecule has 6 nitrogen and oxygen atoms in total. The summed E-state index contributed by atoms with van der Waals surface area (Å²) in [6, 6.07) is 0. The van der Waals surface area contributed by atoms with Gasteiger partial charge in [-0.2, -0.15) is 0 Å². The van der Waals surface area contributed by atoms with Crippen LogP contribution in [0.1, 0.15) is 27.2 Å². The van der Waals surface area contributed by atoms with Gasteiger partial charge in [0, 0.05) is 4.92 Å². The highest BCUT2D eigenvalue weighted by atomic mass is 16.6. The molecule has 88 valence electrons. The third kappa shape index (κ3) is 4.24. The van der Waals surface area contributed by atoms with Gasteiger partial charge in [-0.25, -0.2) is 0 Å². The molecule has 0 heterocycles. The number of aliphatic hydroxyl groups is 1. The number of nitrogens with zero attached hydrogens (tertiary/aromatic N) is 1. The molecule has 0 amide bonds. The zero-order chi connectivity index (χ0) is 12.1. The lowest BCUT2D eigenvalue weighted by molar-refractivity contribution is -0.501. The van der Waals surface area contributed by atoms with E-state index in [-0.39, 0.29) is 6.61 Å². The van der Waals surface area contributed by atoms with Crippen molar-refractivity contribution in [1.82, 2.24) is 0 Å². The minimum Gasteiger partial charge on any atom is -0.466 e. The van der Waals surface area contributed by atoms with Crippen molar-refractivity contribution in [3.05, 3.63) is 10.1 Å². The van der Waals surface area contributed by atoms with Gasteiger partial charge in [-0.15, -0.1) is 0 Å². The number of hydrogen-bond donors (Lipinski definition) is 1. The van der Waals surface area contributed by atoms with E-state index in [0.717, 1.165) is 0 Å². The molecule has 0 aliphatic heterocycles. The summed E-state index contributed by atoms with van der Waals surface area (Å²) in [5.74, 6) is -1.45. The lowest BCUT2D eigenvalue weighted by Gasteiger charge is -2.26. The Morgan fingerprint density at radius 3 is 2.47 bits per heavy atom. The molecule has 6 heteroatoms. The number of ether oxygens (including phenoxy) is 1. The van der Waals surface area contributed by atoms with Crippen LogP contribution in [0.4, 0.5) is 0 Å². The molecule has 0 aromatic heterocycles. The first kappa shape index (κ1) is 13.8. The fourth-order valence-electron chi connectivity index (χ4n) is 1.47. The van der Waals surface area contributed by atoms with Crippen molar-refractivity contribution in [1.29, 1.82) is 0 Å². The Hall–Kier alpha value is -1.17. The van der Waals surface area contributed by atoms with Gasteiger partial charge < -0.3 is 9.84 Å². The third-order valence-electron chi connectivity index (χ3n) is 2.18. The van der Waals surface area contributed by atoms with E-state index in [1.165, 1.54) is 6.92 Å². The molecule has 0 aliphatic rings. The molecule has 0 aromatic carbocycles. The van der Waals surface area contributed by atoms with Gasteiger partial charge in [0.2, 0.25) is 6.54 Å². The Bertz CT molecular complexity index is 239. The van der Waals surface area contributed by atoms with Gasteiger partial charge >= 0.3 is 5.97 Å². The van der Waals surface area contributed by atoms with Crippen molar-refractivity contribution in [2.75, 3.05) is 13.2 Å². The number of nitro groups is 1. The summed E-state index contributed by atoms with van der Waals surface area (Å²) in [7, 11) is 0. The first-order valence-electron chi connectivity index (χ1n) is 4.86. The van der Waals surface area contributed by atoms with E-state index in [1.54, 1.807) is 13.8 Å². The van der Waals surface area contributed by atoms with Crippen molar-refractivity contribution >= 4 is 5.97 Å². The molecule has 0 rings (SSSR count). The Morgan fingerprint density at radius 1 is 1.60 bits per heavy atom. The second-order valence-electron chi connectivity index (χ2n) is 3.56. The molecule has 1 N–H and O–H groups in total. The number of esters is 1. The summed E-state index contributed by atoms with van der Waals surface area (Å²) in [6.45, 7) is 4.14. The van der Waals surface area contributed by atoms with Crippen LogP contribution in [0.5, 0.6) is 0 Å². The van der Waals surface area contributed by atoms with Gasteiger partial charge in [-0.3, -0.25) is 14.9 Å². The molecule has 0 radical (unpaired) electrons.